The van der Waals surface area contributed by atoms with E-state index in [-0.39, 0.29) is 5.54 Å². The van der Waals surface area contributed by atoms with Crippen molar-refractivity contribution in [3.8, 4) is 0 Å². The van der Waals surface area contributed by atoms with Gasteiger partial charge in [-0.1, -0.05) is 13.8 Å². The molecule has 1 aliphatic heterocycles. The van der Waals surface area contributed by atoms with Crippen LogP contribution in [0.5, 0.6) is 0 Å². The molecule has 20 heavy (non-hydrogen) atoms. The van der Waals surface area contributed by atoms with Gasteiger partial charge in [0.05, 0.1) is 19.8 Å². The predicted octanol–water partition coefficient (Wildman–Crippen LogP) is 1.44. The average Bonchev–Trinajstić information content (AvgIpc) is 2.33. The Bertz CT molecular complexity index is 303. The zero-order chi connectivity index (χ0) is 15.2. The molecule has 0 aromatic carbocycles. The standard InChI is InChI=1S/C15H32N4O/c1-12(2)10-13(19-6-8-20-9-7-19)11-17-14(16)18-15(3,4)5/h12-13H,6-11H2,1-5H3,(H3,16,17,18). The summed E-state index contributed by atoms with van der Waals surface area (Å²) in [5.41, 5.74) is 5.92. The molecule has 1 saturated heterocycles. The minimum Gasteiger partial charge on any atom is -0.379 e. The first-order valence-electron chi connectivity index (χ1n) is 7.68. The molecule has 0 amide bonds. The summed E-state index contributed by atoms with van der Waals surface area (Å²) in [6, 6.07) is 0.458. The van der Waals surface area contributed by atoms with E-state index < -0.39 is 0 Å². The normalized spacial score (nSPS) is 20.2. The van der Waals surface area contributed by atoms with E-state index in [1.807, 2.05) is 0 Å². The smallest absolute Gasteiger partial charge is 0.189 e. The minimum absolute atomic E-state index is 0.0416. The van der Waals surface area contributed by atoms with Crippen LogP contribution in [0.4, 0.5) is 0 Å². The number of nitrogens with one attached hydrogen (secondary N) is 1. The van der Waals surface area contributed by atoms with E-state index in [4.69, 9.17) is 10.5 Å². The molecule has 1 atom stereocenters. The Hall–Kier alpha value is -0.810. The van der Waals surface area contributed by atoms with Crippen molar-refractivity contribution >= 4 is 5.96 Å². The van der Waals surface area contributed by atoms with Gasteiger partial charge in [0.15, 0.2) is 5.96 Å². The third kappa shape index (κ3) is 7.10. The van der Waals surface area contributed by atoms with Gasteiger partial charge in [0.2, 0.25) is 0 Å². The summed E-state index contributed by atoms with van der Waals surface area (Å²) in [6.07, 6.45) is 1.15. The molecule has 0 saturated carbocycles. The molecule has 0 radical (unpaired) electrons. The molecule has 1 heterocycles. The topological polar surface area (TPSA) is 62.9 Å². The number of hydrogen-bond donors (Lipinski definition) is 2. The van der Waals surface area contributed by atoms with Crippen LogP contribution in [-0.4, -0.2) is 55.3 Å². The number of nitrogens with two attached hydrogens (primary N) is 1. The van der Waals surface area contributed by atoms with Gasteiger partial charge < -0.3 is 15.8 Å². The van der Waals surface area contributed by atoms with Crippen molar-refractivity contribution in [1.29, 1.82) is 0 Å². The van der Waals surface area contributed by atoms with Gasteiger partial charge in [-0.25, -0.2) is 0 Å². The lowest BCUT2D eigenvalue weighted by atomic mass is 10.0. The number of morpholine rings is 1. The van der Waals surface area contributed by atoms with E-state index in [2.05, 4.69) is 49.8 Å². The highest BCUT2D eigenvalue weighted by atomic mass is 16.5. The van der Waals surface area contributed by atoms with Crippen LogP contribution in [0, 0.1) is 5.92 Å². The van der Waals surface area contributed by atoms with Crippen LogP contribution in [0.2, 0.25) is 0 Å². The summed E-state index contributed by atoms with van der Waals surface area (Å²) in [4.78, 5) is 7.02. The van der Waals surface area contributed by atoms with Gasteiger partial charge in [-0.2, -0.15) is 0 Å². The van der Waals surface area contributed by atoms with Crippen LogP contribution in [0.15, 0.2) is 4.99 Å². The van der Waals surface area contributed by atoms with Crippen molar-refractivity contribution in [3.05, 3.63) is 0 Å². The Labute approximate surface area is 124 Å². The van der Waals surface area contributed by atoms with Crippen molar-refractivity contribution in [3.63, 3.8) is 0 Å². The molecule has 5 nitrogen and oxygen atoms in total. The first-order chi connectivity index (χ1) is 9.28. The monoisotopic (exact) mass is 284 g/mol. The molecule has 0 aromatic rings. The molecule has 1 fully saturated rings. The lowest BCUT2D eigenvalue weighted by Gasteiger charge is -2.34. The Morgan fingerprint density at radius 3 is 2.40 bits per heavy atom. The molecule has 1 aliphatic rings. The quantitative estimate of drug-likeness (QED) is 0.592. The molecule has 1 rings (SSSR count). The highest BCUT2D eigenvalue weighted by Gasteiger charge is 2.22. The third-order valence-corrected chi connectivity index (χ3v) is 3.28. The number of rotatable bonds is 5. The molecule has 0 aromatic heterocycles. The van der Waals surface area contributed by atoms with Crippen molar-refractivity contribution in [2.75, 3.05) is 32.8 Å². The second-order valence-corrected chi connectivity index (χ2v) is 7.03. The largest absolute Gasteiger partial charge is 0.379 e. The maximum absolute atomic E-state index is 5.96. The van der Waals surface area contributed by atoms with Crippen LogP contribution in [-0.2, 0) is 4.74 Å². The van der Waals surface area contributed by atoms with E-state index >= 15 is 0 Å². The molecule has 1 unspecified atom stereocenters. The molecule has 0 spiro atoms. The van der Waals surface area contributed by atoms with E-state index in [1.165, 1.54) is 0 Å². The summed E-state index contributed by atoms with van der Waals surface area (Å²) in [6.45, 7) is 15.2. The predicted molar refractivity (Wildman–Crippen MR) is 85.0 cm³/mol. The van der Waals surface area contributed by atoms with Crippen LogP contribution in [0.1, 0.15) is 41.0 Å². The van der Waals surface area contributed by atoms with Crippen molar-refractivity contribution in [2.24, 2.45) is 16.6 Å². The van der Waals surface area contributed by atoms with Crippen molar-refractivity contribution < 1.29 is 4.74 Å². The summed E-state index contributed by atoms with van der Waals surface area (Å²) < 4.78 is 5.43. The minimum atomic E-state index is -0.0416. The fourth-order valence-corrected chi connectivity index (χ4v) is 2.45. The first kappa shape index (κ1) is 17.2. The van der Waals surface area contributed by atoms with Gasteiger partial charge in [-0.3, -0.25) is 9.89 Å². The second kappa shape index (κ2) is 7.84. The Balaban J connectivity index is 2.57. The fraction of sp³-hybridized carbons (Fsp3) is 0.933. The van der Waals surface area contributed by atoms with E-state index in [0.29, 0.717) is 17.9 Å². The molecule has 0 aliphatic carbocycles. The second-order valence-electron chi connectivity index (χ2n) is 7.03. The molecule has 5 heteroatoms. The third-order valence-electron chi connectivity index (χ3n) is 3.28. The number of nitrogens with zero attached hydrogens (tertiary/aromatic N) is 2. The van der Waals surface area contributed by atoms with Crippen molar-refractivity contribution in [2.45, 2.75) is 52.6 Å². The van der Waals surface area contributed by atoms with E-state index in [9.17, 15) is 0 Å². The Kier molecular flexibility index (Phi) is 6.76. The molecule has 0 bridgehead atoms. The summed E-state index contributed by atoms with van der Waals surface area (Å²) in [7, 11) is 0. The average molecular weight is 284 g/mol. The highest BCUT2D eigenvalue weighted by molar-refractivity contribution is 5.78. The number of guanidine groups is 1. The van der Waals surface area contributed by atoms with E-state index in [0.717, 1.165) is 39.3 Å². The molecule has 118 valence electrons. The van der Waals surface area contributed by atoms with Gasteiger partial charge in [0.1, 0.15) is 0 Å². The first-order valence-corrected chi connectivity index (χ1v) is 7.68. The van der Waals surface area contributed by atoms with Gasteiger partial charge in [-0.15, -0.1) is 0 Å². The van der Waals surface area contributed by atoms with E-state index in [1.54, 1.807) is 0 Å². The van der Waals surface area contributed by atoms with Crippen LogP contribution >= 0.6 is 0 Å². The molecule has 3 N–H and O–H groups in total. The fourth-order valence-electron chi connectivity index (χ4n) is 2.45. The molecular weight excluding hydrogens is 252 g/mol. The van der Waals surface area contributed by atoms with Crippen LogP contribution in [0.3, 0.4) is 0 Å². The van der Waals surface area contributed by atoms with Gasteiger partial charge in [0.25, 0.3) is 0 Å². The maximum Gasteiger partial charge on any atom is 0.189 e. The summed E-state index contributed by atoms with van der Waals surface area (Å²) in [5.74, 6) is 1.20. The lowest BCUT2D eigenvalue weighted by Crippen LogP contribution is -2.48. The number of aliphatic imine (C=N–C) groups is 1. The van der Waals surface area contributed by atoms with Crippen LogP contribution < -0.4 is 11.1 Å². The maximum atomic E-state index is 5.96. The molecular formula is C15H32N4O. The SMILES string of the molecule is CC(C)CC(CN=C(N)NC(C)(C)C)N1CCOCC1. The van der Waals surface area contributed by atoms with Gasteiger partial charge in [0, 0.05) is 24.7 Å². The lowest BCUT2D eigenvalue weighted by molar-refractivity contribution is 0.0143. The summed E-state index contributed by atoms with van der Waals surface area (Å²) >= 11 is 0. The highest BCUT2D eigenvalue weighted by Crippen LogP contribution is 2.14. The van der Waals surface area contributed by atoms with Gasteiger partial charge >= 0.3 is 0 Å². The number of hydrogen-bond acceptors (Lipinski definition) is 3. The zero-order valence-corrected chi connectivity index (χ0v) is 13.8. The Morgan fingerprint density at radius 2 is 1.90 bits per heavy atom. The number of ether oxygens (including phenoxy) is 1. The van der Waals surface area contributed by atoms with Crippen molar-refractivity contribution in [1.82, 2.24) is 10.2 Å². The van der Waals surface area contributed by atoms with Gasteiger partial charge in [-0.05, 0) is 33.1 Å². The zero-order valence-electron chi connectivity index (χ0n) is 13.8. The Morgan fingerprint density at radius 1 is 1.30 bits per heavy atom. The summed E-state index contributed by atoms with van der Waals surface area (Å²) in [5, 5.41) is 3.22. The van der Waals surface area contributed by atoms with Crippen LogP contribution in [0.25, 0.3) is 0 Å².